The van der Waals surface area contributed by atoms with E-state index < -0.39 is 0 Å². The van der Waals surface area contributed by atoms with Crippen LogP contribution in [0.5, 0.6) is 0 Å². The second kappa shape index (κ2) is 7.42. The van der Waals surface area contributed by atoms with Crippen LogP contribution in [0, 0.1) is 25.7 Å². The summed E-state index contributed by atoms with van der Waals surface area (Å²) in [6, 6.07) is 6.40. The number of aliphatic hydroxyl groups is 1. The topological polar surface area (TPSA) is 23.5 Å². The van der Waals surface area contributed by atoms with Gasteiger partial charge in [0.05, 0.1) is 6.10 Å². The fraction of sp³-hybridized carbons (Fsp3) is 0.684. The van der Waals surface area contributed by atoms with Crippen molar-refractivity contribution in [3.05, 3.63) is 34.9 Å². The summed E-state index contributed by atoms with van der Waals surface area (Å²) >= 11 is 0. The number of hydrogen-bond donors (Lipinski definition) is 1. The van der Waals surface area contributed by atoms with Crippen LogP contribution in [0.15, 0.2) is 18.2 Å². The summed E-state index contributed by atoms with van der Waals surface area (Å²) in [6.45, 7) is 11.9. The number of β-amino-alcohol motifs (C(OH)–C–C–N with tert-alkyl or cyclic N) is 1. The maximum Gasteiger partial charge on any atom is 0.0917 e. The quantitative estimate of drug-likeness (QED) is 0.902. The van der Waals surface area contributed by atoms with E-state index in [2.05, 4.69) is 50.8 Å². The van der Waals surface area contributed by atoms with E-state index in [1.165, 1.54) is 30.4 Å². The van der Waals surface area contributed by atoms with Crippen LogP contribution in [0.2, 0.25) is 0 Å². The molecule has 2 rings (SSSR count). The van der Waals surface area contributed by atoms with Crippen LogP contribution in [-0.4, -0.2) is 29.6 Å². The summed E-state index contributed by atoms with van der Waals surface area (Å²) in [5.74, 6) is 1.64. The van der Waals surface area contributed by atoms with E-state index in [0.717, 1.165) is 37.0 Å². The first-order valence-corrected chi connectivity index (χ1v) is 8.44. The number of benzene rings is 1. The lowest BCUT2D eigenvalue weighted by molar-refractivity contribution is 0.114. The molecular weight excluding hydrogens is 258 g/mol. The standard InChI is InChI=1S/C19H31NO/c1-14(2)17-6-5-8-20(9-7-17)13-19(21)18-11-15(3)10-16(4)12-18/h10-12,14,17,19,21H,5-9,13H2,1-4H3. The Bertz CT molecular complexity index is 435. The molecule has 1 fully saturated rings. The largest absolute Gasteiger partial charge is 0.387 e. The second-order valence-electron chi connectivity index (χ2n) is 7.17. The van der Waals surface area contributed by atoms with Crippen molar-refractivity contribution < 1.29 is 5.11 Å². The predicted molar refractivity (Wildman–Crippen MR) is 89.5 cm³/mol. The van der Waals surface area contributed by atoms with Crippen molar-refractivity contribution in [2.45, 2.75) is 53.1 Å². The number of aliphatic hydroxyl groups excluding tert-OH is 1. The Balaban J connectivity index is 1.94. The molecule has 1 aliphatic rings. The molecule has 0 bridgehead atoms. The normalized spacial score (nSPS) is 22.3. The van der Waals surface area contributed by atoms with E-state index in [-0.39, 0.29) is 6.10 Å². The first-order valence-electron chi connectivity index (χ1n) is 8.44. The fourth-order valence-corrected chi connectivity index (χ4v) is 3.58. The van der Waals surface area contributed by atoms with Crippen molar-refractivity contribution in [3.8, 4) is 0 Å². The zero-order chi connectivity index (χ0) is 15.4. The molecule has 2 atom stereocenters. The van der Waals surface area contributed by atoms with Crippen LogP contribution in [0.1, 0.15) is 55.9 Å². The average molecular weight is 289 g/mol. The smallest absolute Gasteiger partial charge is 0.0917 e. The molecule has 0 aliphatic carbocycles. The summed E-state index contributed by atoms with van der Waals surface area (Å²) in [7, 11) is 0. The summed E-state index contributed by atoms with van der Waals surface area (Å²) in [5, 5.41) is 10.5. The molecule has 1 aromatic carbocycles. The Hall–Kier alpha value is -0.860. The Morgan fingerprint density at radius 2 is 1.76 bits per heavy atom. The van der Waals surface area contributed by atoms with E-state index in [4.69, 9.17) is 0 Å². The fourth-order valence-electron chi connectivity index (χ4n) is 3.58. The highest BCUT2D eigenvalue weighted by Gasteiger charge is 2.21. The van der Waals surface area contributed by atoms with Crippen molar-refractivity contribution >= 4 is 0 Å². The van der Waals surface area contributed by atoms with Crippen LogP contribution in [0.4, 0.5) is 0 Å². The van der Waals surface area contributed by atoms with Gasteiger partial charge in [0.1, 0.15) is 0 Å². The monoisotopic (exact) mass is 289 g/mol. The molecule has 0 radical (unpaired) electrons. The maximum absolute atomic E-state index is 10.5. The highest BCUT2D eigenvalue weighted by atomic mass is 16.3. The van der Waals surface area contributed by atoms with Crippen LogP contribution in [0.3, 0.4) is 0 Å². The highest BCUT2D eigenvalue weighted by Crippen LogP contribution is 2.26. The minimum atomic E-state index is -0.362. The molecule has 0 spiro atoms. The minimum absolute atomic E-state index is 0.362. The summed E-state index contributed by atoms with van der Waals surface area (Å²) < 4.78 is 0. The van der Waals surface area contributed by atoms with E-state index in [1.54, 1.807) is 0 Å². The van der Waals surface area contributed by atoms with Crippen molar-refractivity contribution in [2.75, 3.05) is 19.6 Å². The van der Waals surface area contributed by atoms with Gasteiger partial charge in [-0.15, -0.1) is 0 Å². The Kier molecular flexibility index (Phi) is 5.83. The summed E-state index contributed by atoms with van der Waals surface area (Å²) in [5.41, 5.74) is 3.54. The van der Waals surface area contributed by atoms with Crippen molar-refractivity contribution in [3.63, 3.8) is 0 Å². The van der Waals surface area contributed by atoms with Gasteiger partial charge in [-0.2, -0.15) is 0 Å². The van der Waals surface area contributed by atoms with Gasteiger partial charge < -0.3 is 10.0 Å². The third-order valence-corrected chi connectivity index (χ3v) is 4.87. The molecule has 1 saturated heterocycles. The number of nitrogens with zero attached hydrogens (tertiary/aromatic N) is 1. The zero-order valence-electron chi connectivity index (χ0n) is 14.1. The molecule has 2 heteroatoms. The van der Waals surface area contributed by atoms with Gasteiger partial charge >= 0.3 is 0 Å². The molecule has 1 heterocycles. The van der Waals surface area contributed by atoms with Gasteiger partial charge in [0, 0.05) is 6.54 Å². The molecule has 1 aromatic rings. The second-order valence-corrected chi connectivity index (χ2v) is 7.17. The number of aryl methyl sites for hydroxylation is 2. The van der Waals surface area contributed by atoms with Gasteiger partial charge in [0.2, 0.25) is 0 Å². The molecule has 2 unspecified atom stereocenters. The first-order chi connectivity index (χ1) is 9.95. The lowest BCUT2D eigenvalue weighted by Gasteiger charge is -2.24. The molecule has 1 N–H and O–H groups in total. The molecule has 21 heavy (non-hydrogen) atoms. The third kappa shape index (κ3) is 4.82. The van der Waals surface area contributed by atoms with Gasteiger partial charge in [-0.25, -0.2) is 0 Å². The Labute approximate surface area is 130 Å². The van der Waals surface area contributed by atoms with E-state index in [1.807, 2.05) is 0 Å². The lowest BCUT2D eigenvalue weighted by Crippen LogP contribution is -2.30. The first kappa shape index (κ1) is 16.5. The van der Waals surface area contributed by atoms with Crippen LogP contribution < -0.4 is 0 Å². The summed E-state index contributed by atoms with van der Waals surface area (Å²) in [4.78, 5) is 2.45. The molecular formula is C19H31NO. The molecule has 0 amide bonds. The van der Waals surface area contributed by atoms with E-state index >= 15 is 0 Å². The van der Waals surface area contributed by atoms with E-state index in [9.17, 15) is 5.11 Å². The maximum atomic E-state index is 10.5. The van der Waals surface area contributed by atoms with Gasteiger partial charge in [-0.3, -0.25) is 0 Å². The van der Waals surface area contributed by atoms with Gasteiger partial charge in [0.25, 0.3) is 0 Å². The van der Waals surface area contributed by atoms with E-state index in [0.29, 0.717) is 0 Å². The van der Waals surface area contributed by atoms with Crippen LogP contribution >= 0.6 is 0 Å². The number of rotatable bonds is 4. The van der Waals surface area contributed by atoms with Crippen LogP contribution in [0.25, 0.3) is 0 Å². The average Bonchev–Trinajstić information content (AvgIpc) is 2.63. The highest BCUT2D eigenvalue weighted by molar-refractivity contribution is 5.30. The Morgan fingerprint density at radius 3 is 2.38 bits per heavy atom. The molecule has 118 valence electrons. The zero-order valence-corrected chi connectivity index (χ0v) is 14.1. The third-order valence-electron chi connectivity index (χ3n) is 4.87. The van der Waals surface area contributed by atoms with Crippen molar-refractivity contribution in [2.24, 2.45) is 11.8 Å². The molecule has 1 aliphatic heterocycles. The van der Waals surface area contributed by atoms with Gasteiger partial charge in [-0.05, 0) is 63.6 Å². The van der Waals surface area contributed by atoms with Gasteiger partial charge in [0.15, 0.2) is 0 Å². The SMILES string of the molecule is Cc1cc(C)cc(C(O)CN2CCCC(C(C)C)CC2)c1. The number of hydrogen-bond acceptors (Lipinski definition) is 2. The predicted octanol–water partition coefficient (Wildman–Crippen LogP) is 4.09. The number of likely N-dealkylation sites (tertiary alicyclic amines) is 1. The Morgan fingerprint density at radius 1 is 1.10 bits per heavy atom. The molecule has 0 saturated carbocycles. The lowest BCUT2D eigenvalue weighted by atomic mass is 9.89. The molecule has 0 aromatic heterocycles. The van der Waals surface area contributed by atoms with Crippen LogP contribution in [-0.2, 0) is 0 Å². The van der Waals surface area contributed by atoms with Crippen molar-refractivity contribution in [1.29, 1.82) is 0 Å². The summed E-state index contributed by atoms with van der Waals surface area (Å²) in [6.07, 6.45) is 3.52. The van der Waals surface area contributed by atoms with Gasteiger partial charge in [-0.1, -0.05) is 43.2 Å². The minimum Gasteiger partial charge on any atom is -0.387 e. The molecule has 2 nitrogen and oxygen atoms in total. The van der Waals surface area contributed by atoms with Crippen molar-refractivity contribution in [1.82, 2.24) is 4.90 Å².